The summed E-state index contributed by atoms with van der Waals surface area (Å²) >= 11 is 0. The summed E-state index contributed by atoms with van der Waals surface area (Å²) in [7, 11) is 0. The van der Waals surface area contributed by atoms with E-state index in [9.17, 15) is 49.8 Å². The van der Waals surface area contributed by atoms with E-state index >= 15 is 0 Å². The first kappa shape index (κ1) is 34.6. The van der Waals surface area contributed by atoms with E-state index in [2.05, 4.69) is 0 Å². The summed E-state index contributed by atoms with van der Waals surface area (Å²) in [5.41, 5.74) is 2.59. The van der Waals surface area contributed by atoms with E-state index < -0.39 is 35.3 Å². The van der Waals surface area contributed by atoms with Crippen LogP contribution in [0.2, 0.25) is 0 Å². The number of aliphatic hydroxyl groups excluding tert-OH is 2. The number of aliphatic hydroxyl groups is 2. The molecule has 0 aliphatic rings. The maximum Gasteiger partial charge on any atom is 0.303 e. The van der Waals surface area contributed by atoms with Gasteiger partial charge in [-0.3, -0.25) is 19.2 Å². The Balaban J connectivity index is 1.55. The van der Waals surface area contributed by atoms with Gasteiger partial charge in [0.25, 0.3) is 0 Å². The minimum Gasteiger partial charge on any atom is -0.507 e. The van der Waals surface area contributed by atoms with E-state index in [-0.39, 0.29) is 71.8 Å². The summed E-state index contributed by atoms with van der Waals surface area (Å²) in [6.45, 7) is -0.380. The summed E-state index contributed by atoms with van der Waals surface area (Å²) in [6.07, 6.45) is 0.274. The molecule has 2 unspecified atom stereocenters. The van der Waals surface area contributed by atoms with Crippen LogP contribution >= 0.6 is 0 Å². The monoisotopic (exact) mass is 640 g/mol. The van der Waals surface area contributed by atoms with Gasteiger partial charge in [-0.25, -0.2) is 0 Å². The zero-order valence-corrected chi connectivity index (χ0v) is 25.5. The van der Waals surface area contributed by atoms with Gasteiger partial charge in [-0.2, -0.15) is 0 Å². The minimum absolute atomic E-state index is 0.00389. The molecule has 0 fully saturated rings. The van der Waals surface area contributed by atoms with Gasteiger partial charge >= 0.3 is 11.9 Å². The first-order chi connectivity index (χ1) is 22.5. The highest BCUT2D eigenvalue weighted by atomic mass is 16.4. The van der Waals surface area contributed by atoms with E-state index in [1.165, 1.54) is 42.5 Å². The van der Waals surface area contributed by atoms with Crippen LogP contribution in [0.4, 0.5) is 0 Å². The summed E-state index contributed by atoms with van der Waals surface area (Å²) in [5, 5.41) is 59.5. The molecule has 0 aliphatic heterocycles. The number of rotatable bonds is 16. The SMILES string of the molecule is O=C(O)CC(CCCC(CC(=O)O)c1cccc(C(=O)c2ccc(CO)cc2)c1O)c1ccc(O)c(C(=O)c2ccc(CO)cc2)c1. The predicted molar refractivity (Wildman–Crippen MR) is 172 cm³/mol. The number of carbonyl (C=O) groups excluding carboxylic acids is 2. The van der Waals surface area contributed by atoms with Gasteiger partial charge in [0, 0.05) is 11.1 Å². The average Bonchev–Trinajstić information content (AvgIpc) is 3.07. The number of phenols is 2. The largest absolute Gasteiger partial charge is 0.507 e. The molecule has 10 heteroatoms. The highest BCUT2D eigenvalue weighted by Gasteiger charge is 2.25. The zero-order chi connectivity index (χ0) is 34.1. The number of phenolic OH excluding ortho intramolecular Hbond substituents is 2. The van der Waals surface area contributed by atoms with E-state index in [1.54, 1.807) is 42.5 Å². The molecule has 2 atom stereocenters. The molecule has 6 N–H and O–H groups in total. The minimum atomic E-state index is -1.11. The van der Waals surface area contributed by atoms with Crippen molar-refractivity contribution >= 4 is 23.5 Å². The Labute approximate surface area is 271 Å². The van der Waals surface area contributed by atoms with Crippen molar-refractivity contribution in [3.8, 4) is 11.5 Å². The van der Waals surface area contributed by atoms with Crippen LogP contribution in [-0.4, -0.2) is 54.1 Å². The quantitative estimate of drug-likeness (QED) is 0.0849. The molecule has 0 aliphatic carbocycles. The molecule has 0 heterocycles. The molecule has 0 spiro atoms. The molecular formula is C37H36O10. The molecule has 0 bridgehead atoms. The first-order valence-electron chi connectivity index (χ1n) is 15.1. The number of ketones is 2. The molecule has 0 saturated heterocycles. The Kier molecular flexibility index (Phi) is 11.6. The number of benzene rings is 4. The lowest BCUT2D eigenvalue weighted by atomic mass is 9.84. The van der Waals surface area contributed by atoms with Gasteiger partial charge in [-0.05, 0) is 65.1 Å². The van der Waals surface area contributed by atoms with Crippen LogP contribution < -0.4 is 0 Å². The molecule has 47 heavy (non-hydrogen) atoms. The Morgan fingerprint density at radius 3 is 1.64 bits per heavy atom. The predicted octanol–water partition coefficient (Wildman–Crippen LogP) is 5.53. The van der Waals surface area contributed by atoms with Crippen LogP contribution in [0, 0.1) is 0 Å². The Hall–Kier alpha value is -5.32. The molecule has 0 radical (unpaired) electrons. The molecular weight excluding hydrogens is 604 g/mol. The van der Waals surface area contributed by atoms with Crippen molar-refractivity contribution in [3.63, 3.8) is 0 Å². The number of para-hydroxylation sites is 1. The Bertz CT molecular complexity index is 1740. The maximum atomic E-state index is 13.2. The number of carboxylic acids is 2. The van der Waals surface area contributed by atoms with Gasteiger partial charge in [0.1, 0.15) is 11.5 Å². The van der Waals surface area contributed by atoms with Gasteiger partial charge in [0.2, 0.25) is 0 Å². The molecule has 0 saturated carbocycles. The van der Waals surface area contributed by atoms with E-state index in [0.717, 1.165) is 0 Å². The van der Waals surface area contributed by atoms with Gasteiger partial charge in [0.05, 0.1) is 37.2 Å². The van der Waals surface area contributed by atoms with Crippen LogP contribution in [-0.2, 0) is 22.8 Å². The maximum absolute atomic E-state index is 13.2. The number of aromatic hydroxyl groups is 2. The normalized spacial score (nSPS) is 12.3. The number of hydrogen-bond donors (Lipinski definition) is 6. The fourth-order valence-electron chi connectivity index (χ4n) is 5.68. The number of carbonyl (C=O) groups is 4. The lowest BCUT2D eigenvalue weighted by Crippen LogP contribution is -2.11. The number of hydrogen-bond acceptors (Lipinski definition) is 8. The van der Waals surface area contributed by atoms with Crippen molar-refractivity contribution < 1.29 is 49.8 Å². The third-order valence-corrected chi connectivity index (χ3v) is 8.23. The second-order valence-electron chi connectivity index (χ2n) is 11.4. The van der Waals surface area contributed by atoms with Crippen LogP contribution in [0.25, 0.3) is 0 Å². The summed E-state index contributed by atoms with van der Waals surface area (Å²) < 4.78 is 0. The molecule has 244 valence electrons. The third-order valence-electron chi connectivity index (χ3n) is 8.23. The van der Waals surface area contributed by atoms with Crippen molar-refractivity contribution in [2.45, 2.75) is 57.2 Å². The molecule has 4 aromatic carbocycles. The molecule has 0 aromatic heterocycles. The van der Waals surface area contributed by atoms with Crippen LogP contribution in [0.3, 0.4) is 0 Å². The molecule has 4 rings (SSSR count). The van der Waals surface area contributed by atoms with E-state index in [0.29, 0.717) is 29.5 Å². The van der Waals surface area contributed by atoms with Gasteiger partial charge < -0.3 is 30.6 Å². The smallest absolute Gasteiger partial charge is 0.303 e. The van der Waals surface area contributed by atoms with Crippen LogP contribution in [0.15, 0.2) is 84.9 Å². The van der Waals surface area contributed by atoms with E-state index in [1.807, 2.05) is 0 Å². The highest BCUT2D eigenvalue weighted by Crippen LogP contribution is 2.37. The van der Waals surface area contributed by atoms with Crippen molar-refractivity contribution in [1.82, 2.24) is 0 Å². The highest BCUT2D eigenvalue weighted by molar-refractivity contribution is 6.11. The summed E-state index contributed by atoms with van der Waals surface area (Å²) in [6, 6.07) is 21.4. The fourth-order valence-corrected chi connectivity index (χ4v) is 5.68. The fraction of sp³-hybridized carbons (Fsp3) is 0.243. The third kappa shape index (κ3) is 8.69. The lowest BCUT2D eigenvalue weighted by Gasteiger charge is -2.21. The second kappa shape index (κ2) is 15.8. The number of carboxylic acid groups (broad SMARTS) is 2. The Morgan fingerprint density at radius 2 is 1.11 bits per heavy atom. The van der Waals surface area contributed by atoms with Crippen molar-refractivity contribution in [2.75, 3.05) is 0 Å². The van der Waals surface area contributed by atoms with E-state index in [4.69, 9.17) is 0 Å². The number of aliphatic carboxylic acids is 2. The second-order valence-corrected chi connectivity index (χ2v) is 11.4. The van der Waals surface area contributed by atoms with Gasteiger partial charge in [-0.15, -0.1) is 0 Å². The molecule has 10 nitrogen and oxygen atoms in total. The summed E-state index contributed by atoms with van der Waals surface area (Å²) in [4.78, 5) is 50.1. The van der Waals surface area contributed by atoms with Gasteiger partial charge in [0.15, 0.2) is 11.6 Å². The van der Waals surface area contributed by atoms with Crippen molar-refractivity contribution in [3.05, 3.63) is 129 Å². The molecule has 4 aromatic rings. The standard InChI is InChI=1S/C37H36O10/c38-20-22-7-11-24(12-8-22)35(45)30-6-2-5-29(37(30)47)28(19-34(43)44)4-1-3-26(18-33(41)42)27-15-16-32(40)31(17-27)36(46)25-13-9-23(21-39)10-14-25/h2,5-17,26,28,38-40,47H,1,3-4,18-21H2,(H,41,42)(H,43,44). The average molecular weight is 641 g/mol. The lowest BCUT2D eigenvalue weighted by molar-refractivity contribution is -0.138. The van der Waals surface area contributed by atoms with Gasteiger partial charge in [-0.1, -0.05) is 73.2 Å². The van der Waals surface area contributed by atoms with Crippen molar-refractivity contribution in [1.29, 1.82) is 0 Å². The topological polar surface area (TPSA) is 190 Å². The van der Waals surface area contributed by atoms with Crippen LogP contribution in [0.5, 0.6) is 11.5 Å². The van der Waals surface area contributed by atoms with Crippen molar-refractivity contribution in [2.24, 2.45) is 0 Å². The zero-order valence-electron chi connectivity index (χ0n) is 25.5. The van der Waals surface area contributed by atoms with Crippen LogP contribution in [0.1, 0.15) is 98.0 Å². The summed E-state index contributed by atoms with van der Waals surface area (Å²) in [5.74, 6) is -4.99. The Morgan fingerprint density at radius 1 is 0.596 bits per heavy atom. The molecule has 0 amide bonds. The first-order valence-corrected chi connectivity index (χ1v) is 15.1.